The summed E-state index contributed by atoms with van der Waals surface area (Å²) in [5.74, 6) is -0.276. The SMILES string of the molecule is N#CCCN(Cc1cccnc1)C(=O)c1cc(=O)[nH]c2ccccc12. The van der Waals surface area contributed by atoms with Crippen LogP contribution in [0.3, 0.4) is 0 Å². The maximum atomic E-state index is 13.1. The molecule has 6 nitrogen and oxygen atoms in total. The Hall–Kier alpha value is -3.46. The topological polar surface area (TPSA) is 89.8 Å². The van der Waals surface area contributed by atoms with E-state index in [9.17, 15) is 9.59 Å². The van der Waals surface area contributed by atoms with Crippen molar-refractivity contribution in [2.24, 2.45) is 0 Å². The number of nitrogens with zero attached hydrogens (tertiary/aromatic N) is 3. The first kappa shape index (κ1) is 16.4. The van der Waals surface area contributed by atoms with E-state index >= 15 is 0 Å². The van der Waals surface area contributed by atoms with E-state index in [4.69, 9.17) is 5.26 Å². The number of para-hydroxylation sites is 1. The van der Waals surface area contributed by atoms with E-state index in [1.54, 1.807) is 41.6 Å². The zero-order valence-electron chi connectivity index (χ0n) is 13.5. The summed E-state index contributed by atoms with van der Waals surface area (Å²) >= 11 is 0. The largest absolute Gasteiger partial charge is 0.333 e. The van der Waals surface area contributed by atoms with Gasteiger partial charge in [0.15, 0.2) is 0 Å². The molecule has 3 aromatic rings. The van der Waals surface area contributed by atoms with Gasteiger partial charge in [0.05, 0.1) is 18.1 Å². The van der Waals surface area contributed by atoms with E-state index in [1.807, 2.05) is 12.1 Å². The number of amides is 1. The second-order valence-corrected chi connectivity index (χ2v) is 5.59. The lowest BCUT2D eigenvalue weighted by molar-refractivity contribution is 0.0748. The predicted octanol–water partition coefficient (Wildman–Crippen LogP) is 2.48. The van der Waals surface area contributed by atoms with Crippen LogP contribution in [0.25, 0.3) is 10.9 Å². The van der Waals surface area contributed by atoms with Gasteiger partial charge in [0.1, 0.15) is 0 Å². The van der Waals surface area contributed by atoms with Crippen molar-refractivity contribution in [2.75, 3.05) is 6.54 Å². The van der Waals surface area contributed by atoms with E-state index in [-0.39, 0.29) is 24.4 Å². The Morgan fingerprint density at radius 3 is 2.84 bits per heavy atom. The van der Waals surface area contributed by atoms with Gasteiger partial charge < -0.3 is 9.88 Å². The molecule has 0 bridgehead atoms. The molecule has 2 aromatic heterocycles. The van der Waals surface area contributed by atoms with Crippen LogP contribution in [0.1, 0.15) is 22.3 Å². The summed E-state index contributed by atoms with van der Waals surface area (Å²) < 4.78 is 0. The van der Waals surface area contributed by atoms with Gasteiger partial charge in [-0.25, -0.2) is 0 Å². The van der Waals surface area contributed by atoms with Crippen LogP contribution in [0.5, 0.6) is 0 Å². The molecule has 124 valence electrons. The van der Waals surface area contributed by atoms with Gasteiger partial charge in [-0.2, -0.15) is 5.26 Å². The number of rotatable bonds is 5. The van der Waals surface area contributed by atoms with Crippen LogP contribution in [-0.2, 0) is 6.54 Å². The Bertz CT molecular complexity index is 989. The summed E-state index contributed by atoms with van der Waals surface area (Å²) in [7, 11) is 0. The van der Waals surface area contributed by atoms with Crippen LogP contribution in [-0.4, -0.2) is 27.3 Å². The molecule has 25 heavy (non-hydrogen) atoms. The second-order valence-electron chi connectivity index (χ2n) is 5.59. The fraction of sp³-hybridized carbons (Fsp3) is 0.158. The van der Waals surface area contributed by atoms with Gasteiger partial charge in [-0.3, -0.25) is 14.6 Å². The highest BCUT2D eigenvalue weighted by Gasteiger charge is 2.19. The first-order valence-corrected chi connectivity index (χ1v) is 7.86. The van der Waals surface area contributed by atoms with Crippen molar-refractivity contribution in [3.8, 4) is 6.07 Å². The van der Waals surface area contributed by atoms with Crippen molar-refractivity contribution in [1.82, 2.24) is 14.9 Å². The number of nitriles is 1. The van der Waals surface area contributed by atoms with Gasteiger partial charge >= 0.3 is 0 Å². The summed E-state index contributed by atoms with van der Waals surface area (Å²) in [4.78, 5) is 33.3. The van der Waals surface area contributed by atoms with E-state index < -0.39 is 0 Å². The van der Waals surface area contributed by atoms with E-state index in [2.05, 4.69) is 16.0 Å². The number of pyridine rings is 2. The highest BCUT2D eigenvalue weighted by molar-refractivity contribution is 6.05. The van der Waals surface area contributed by atoms with E-state index in [0.717, 1.165) is 5.56 Å². The molecular weight excluding hydrogens is 316 g/mol. The van der Waals surface area contributed by atoms with Crippen LogP contribution in [0.4, 0.5) is 0 Å². The third-order valence-electron chi connectivity index (χ3n) is 3.86. The highest BCUT2D eigenvalue weighted by atomic mass is 16.2. The molecule has 0 unspecified atom stereocenters. The Balaban J connectivity index is 2.00. The maximum Gasteiger partial charge on any atom is 0.255 e. The molecule has 2 heterocycles. The number of carbonyl (C=O) groups excluding carboxylic acids is 1. The van der Waals surface area contributed by atoms with Gasteiger partial charge in [0, 0.05) is 42.5 Å². The summed E-state index contributed by atoms with van der Waals surface area (Å²) in [5, 5.41) is 9.57. The molecule has 0 saturated carbocycles. The number of hydrogen-bond acceptors (Lipinski definition) is 4. The summed E-state index contributed by atoms with van der Waals surface area (Å²) in [6.45, 7) is 0.612. The molecule has 0 aliphatic heterocycles. The third-order valence-corrected chi connectivity index (χ3v) is 3.86. The zero-order chi connectivity index (χ0) is 17.6. The zero-order valence-corrected chi connectivity index (χ0v) is 13.5. The van der Waals surface area contributed by atoms with Crippen LogP contribution < -0.4 is 5.56 Å². The van der Waals surface area contributed by atoms with Crippen molar-refractivity contribution in [3.05, 3.63) is 76.3 Å². The molecular formula is C19H16N4O2. The highest BCUT2D eigenvalue weighted by Crippen LogP contribution is 2.18. The van der Waals surface area contributed by atoms with E-state index in [0.29, 0.717) is 23.0 Å². The van der Waals surface area contributed by atoms with Crippen molar-refractivity contribution >= 4 is 16.8 Å². The molecule has 0 fully saturated rings. The van der Waals surface area contributed by atoms with Crippen molar-refractivity contribution in [2.45, 2.75) is 13.0 Å². The fourth-order valence-corrected chi connectivity index (χ4v) is 2.70. The van der Waals surface area contributed by atoms with E-state index in [1.165, 1.54) is 6.07 Å². The first-order valence-electron chi connectivity index (χ1n) is 7.86. The van der Waals surface area contributed by atoms with Crippen molar-refractivity contribution in [1.29, 1.82) is 5.26 Å². The number of nitrogens with one attached hydrogen (secondary N) is 1. The molecule has 0 aliphatic carbocycles. The lowest BCUT2D eigenvalue weighted by atomic mass is 10.1. The first-order chi connectivity index (χ1) is 12.2. The number of fused-ring (bicyclic) bond motifs is 1. The van der Waals surface area contributed by atoms with Gasteiger partial charge in [-0.1, -0.05) is 24.3 Å². The van der Waals surface area contributed by atoms with Gasteiger partial charge in [0.25, 0.3) is 5.91 Å². The Kier molecular flexibility index (Phi) is 4.86. The van der Waals surface area contributed by atoms with Crippen molar-refractivity contribution < 1.29 is 4.79 Å². The monoisotopic (exact) mass is 332 g/mol. The van der Waals surface area contributed by atoms with Crippen LogP contribution in [0, 0.1) is 11.3 Å². The van der Waals surface area contributed by atoms with Crippen LogP contribution in [0.15, 0.2) is 59.7 Å². The van der Waals surface area contributed by atoms with Gasteiger partial charge in [0.2, 0.25) is 5.56 Å². The minimum atomic E-state index is -0.330. The maximum absolute atomic E-state index is 13.1. The smallest absolute Gasteiger partial charge is 0.255 e. The average Bonchev–Trinajstić information content (AvgIpc) is 2.64. The quantitative estimate of drug-likeness (QED) is 0.777. The van der Waals surface area contributed by atoms with Crippen molar-refractivity contribution in [3.63, 3.8) is 0 Å². The molecule has 1 amide bonds. The standard InChI is InChI=1S/C19H16N4O2/c20-8-4-10-23(13-14-5-3-9-21-12-14)19(25)16-11-18(24)22-17-7-2-1-6-15(16)17/h1-3,5-7,9,11-12H,4,10,13H2,(H,22,24). The lowest BCUT2D eigenvalue weighted by Gasteiger charge is -2.22. The molecule has 1 N–H and O–H groups in total. The Labute approximate surface area is 144 Å². The Morgan fingerprint density at radius 2 is 2.08 bits per heavy atom. The normalized spacial score (nSPS) is 10.4. The molecule has 0 saturated heterocycles. The molecule has 0 atom stereocenters. The molecule has 6 heteroatoms. The third kappa shape index (κ3) is 3.72. The average molecular weight is 332 g/mol. The molecule has 0 spiro atoms. The molecule has 0 radical (unpaired) electrons. The fourth-order valence-electron chi connectivity index (χ4n) is 2.70. The molecule has 1 aromatic carbocycles. The molecule has 0 aliphatic rings. The van der Waals surface area contributed by atoms with Crippen LogP contribution >= 0.6 is 0 Å². The summed E-state index contributed by atoms with van der Waals surface area (Å²) in [6.07, 6.45) is 3.56. The number of carbonyl (C=O) groups is 1. The molecule has 3 rings (SSSR count). The lowest BCUT2D eigenvalue weighted by Crippen LogP contribution is -2.32. The number of H-pyrrole nitrogens is 1. The summed E-state index contributed by atoms with van der Waals surface area (Å²) in [6, 6.07) is 14.2. The number of aromatic nitrogens is 2. The number of aromatic amines is 1. The Morgan fingerprint density at radius 1 is 1.24 bits per heavy atom. The summed E-state index contributed by atoms with van der Waals surface area (Å²) in [5.41, 5.74) is 1.48. The van der Waals surface area contributed by atoms with Gasteiger partial charge in [-0.05, 0) is 17.7 Å². The minimum Gasteiger partial charge on any atom is -0.333 e. The number of benzene rings is 1. The number of hydrogen-bond donors (Lipinski definition) is 1. The second kappa shape index (κ2) is 7.41. The van der Waals surface area contributed by atoms with Gasteiger partial charge in [-0.15, -0.1) is 0 Å². The predicted molar refractivity (Wildman–Crippen MR) is 93.8 cm³/mol. The minimum absolute atomic E-state index is 0.215. The van der Waals surface area contributed by atoms with Crippen LogP contribution in [0.2, 0.25) is 0 Å².